The zero-order valence-electron chi connectivity index (χ0n) is 10.2. The highest BCUT2D eigenvalue weighted by atomic mass is 19.1. The topological polar surface area (TPSA) is 84.6 Å². The summed E-state index contributed by atoms with van der Waals surface area (Å²) in [7, 11) is 2.79. The molecule has 0 spiro atoms. The van der Waals surface area contributed by atoms with Gasteiger partial charge < -0.3 is 14.9 Å². The minimum Gasteiger partial charge on any atom is -0.504 e. The number of ether oxygens (including phenoxy) is 1. The smallest absolute Gasteiger partial charge is 0.356 e. The molecule has 100 valence electrons. The van der Waals surface area contributed by atoms with Gasteiger partial charge in [0.15, 0.2) is 17.2 Å². The standard InChI is InChI=1S/C12H11FN2O4/c1-15-9(5-8(14-15)12(17)18)6-3-10(16)11(19-2)4-7(6)13/h3-5,16H,1-2H3,(H,17,18). The van der Waals surface area contributed by atoms with E-state index < -0.39 is 11.8 Å². The van der Waals surface area contributed by atoms with Crippen molar-refractivity contribution in [3.8, 4) is 22.8 Å². The average Bonchev–Trinajstić information content (AvgIpc) is 2.74. The van der Waals surface area contributed by atoms with Gasteiger partial charge in [-0.3, -0.25) is 4.68 Å². The molecule has 19 heavy (non-hydrogen) atoms. The Morgan fingerprint density at radius 2 is 2.11 bits per heavy atom. The van der Waals surface area contributed by atoms with E-state index in [1.807, 2.05) is 0 Å². The Morgan fingerprint density at radius 3 is 2.63 bits per heavy atom. The highest BCUT2D eigenvalue weighted by Crippen LogP contribution is 2.34. The zero-order chi connectivity index (χ0) is 14.2. The molecule has 1 aromatic carbocycles. The Hall–Kier alpha value is -2.57. The molecule has 2 rings (SSSR count). The Balaban J connectivity index is 2.59. The van der Waals surface area contributed by atoms with E-state index in [9.17, 15) is 14.3 Å². The normalized spacial score (nSPS) is 10.5. The SMILES string of the molecule is COc1cc(F)c(-c2cc(C(=O)O)nn2C)cc1O. The third-order valence-corrected chi connectivity index (χ3v) is 2.64. The highest BCUT2D eigenvalue weighted by molar-refractivity contribution is 5.87. The van der Waals surface area contributed by atoms with Gasteiger partial charge in [0, 0.05) is 18.7 Å². The number of halogens is 1. The molecule has 2 aromatic rings. The van der Waals surface area contributed by atoms with Gasteiger partial charge in [-0.15, -0.1) is 0 Å². The molecule has 0 aliphatic heterocycles. The fourth-order valence-corrected chi connectivity index (χ4v) is 1.73. The van der Waals surface area contributed by atoms with E-state index in [1.165, 1.54) is 24.9 Å². The van der Waals surface area contributed by atoms with Crippen molar-refractivity contribution in [3.05, 3.63) is 29.7 Å². The predicted octanol–water partition coefficient (Wildman–Crippen LogP) is 1.64. The minimum absolute atomic E-state index is 0.00174. The number of hydrogen-bond acceptors (Lipinski definition) is 4. The summed E-state index contributed by atoms with van der Waals surface area (Å²) in [5, 5.41) is 22.2. The Kier molecular flexibility index (Phi) is 3.12. The molecule has 0 aliphatic rings. The first kappa shape index (κ1) is 12.9. The number of phenols is 1. The molecule has 7 heteroatoms. The predicted molar refractivity (Wildman–Crippen MR) is 63.8 cm³/mol. The van der Waals surface area contributed by atoms with Gasteiger partial charge in [-0.2, -0.15) is 5.10 Å². The first-order valence-electron chi connectivity index (χ1n) is 5.28. The molecule has 0 atom stereocenters. The molecule has 0 aliphatic carbocycles. The van der Waals surface area contributed by atoms with Crippen LogP contribution in [0.3, 0.4) is 0 Å². The molecule has 2 N–H and O–H groups in total. The fourth-order valence-electron chi connectivity index (χ4n) is 1.73. The second-order valence-electron chi connectivity index (χ2n) is 3.85. The summed E-state index contributed by atoms with van der Waals surface area (Å²) in [5.41, 5.74) is 0.0841. The number of nitrogens with zero attached hydrogens (tertiary/aromatic N) is 2. The van der Waals surface area contributed by atoms with Crippen LogP contribution in [0.15, 0.2) is 18.2 Å². The van der Waals surface area contributed by atoms with Crippen LogP contribution in [0.4, 0.5) is 4.39 Å². The highest BCUT2D eigenvalue weighted by Gasteiger charge is 2.17. The van der Waals surface area contributed by atoms with E-state index >= 15 is 0 Å². The number of carboxylic acid groups (broad SMARTS) is 1. The lowest BCUT2D eigenvalue weighted by atomic mass is 10.1. The Bertz CT molecular complexity index is 651. The van der Waals surface area contributed by atoms with Crippen LogP contribution in [0.1, 0.15) is 10.5 Å². The number of carbonyl (C=O) groups is 1. The van der Waals surface area contributed by atoms with Gasteiger partial charge in [0.1, 0.15) is 5.82 Å². The number of hydrogen-bond donors (Lipinski definition) is 2. The molecule has 1 aromatic heterocycles. The number of aryl methyl sites for hydroxylation is 1. The second-order valence-corrected chi connectivity index (χ2v) is 3.85. The lowest BCUT2D eigenvalue weighted by molar-refractivity contribution is 0.0689. The van der Waals surface area contributed by atoms with Crippen molar-refractivity contribution in [1.82, 2.24) is 9.78 Å². The zero-order valence-corrected chi connectivity index (χ0v) is 10.2. The number of aromatic nitrogens is 2. The van der Waals surface area contributed by atoms with E-state index in [0.29, 0.717) is 0 Å². The molecule has 0 amide bonds. The summed E-state index contributed by atoms with van der Waals surface area (Å²) in [5.74, 6) is -2.09. The number of rotatable bonds is 3. The van der Waals surface area contributed by atoms with Crippen molar-refractivity contribution in [2.45, 2.75) is 0 Å². The Labute approximate surface area is 107 Å². The number of aromatic carboxylic acids is 1. The number of aromatic hydroxyl groups is 1. The monoisotopic (exact) mass is 266 g/mol. The van der Waals surface area contributed by atoms with Crippen LogP contribution < -0.4 is 4.74 Å². The van der Waals surface area contributed by atoms with Gasteiger partial charge in [0.25, 0.3) is 0 Å². The molecule has 0 bridgehead atoms. The quantitative estimate of drug-likeness (QED) is 0.882. The summed E-state index contributed by atoms with van der Waals surface area (Å²) >= 11 is 0. The summed E-state index contributed by atoms with van der Waals surface area (Å²) in [6.45, 7) is 0. The molecule has 6 nitrogen and oxygen atoms in total. The van der Waals surface area contributed by atoms with Crippen LogP contribution >= 0.6 is 0 Å². The van der Waals surface area contributed by atoms with Crippen molar-refractivity contribution < 1.29 is 24.1 Å². The minimum atomic E-state index is -1.21. The molecule has 0 unspecified atom stereocenters. The van der Waals surface area contributed by atoms with E-state index in [-0.39, 0.29) is 28.5 Å². The third kappa shape index (κ3) is 2.22. The molecule has 0 saturated heterocycles. The lowest BCUT2D eigenvalue weighted by Crippen LogP contribution is -1.99. The number of carboxylic acids is 1. The van der Waals surface area contributed by atoms with Crippen LogP contribution in [-0.4, -0.2) is 33.1 Å². The molecule has 0 saturated carbocycles. The van der Waals surface area contributed by atoms with Crippen molar-refractivity contribution in [2.24, 2.45) is 7.05 Å². The van der Waals surface area contributed by atoms with E-state index in [4.69, 9.17) is 9.84 Å². The van der Waals surface area contributed by atoms with Crippen LogP contribution in [0.2, 0.25) is 0 Å². The first-order chi connectivity index (χ1) is 8.93. The van der Waals surface area contributed by atoms with E-state index in [0.717, 1.165) is 12.1 Å². The first-order valence-corrected chi connectivity index (χ1v) is 5.28. The van der Waals surface area contributed by atoms with E-state index in [2.05, 4.69) is 5.10 Å². The summed E-state index contributed by atoms with van der Waals surface area (Å²) in [4.78, 5) is 10.8. The van der Waals surface area contributed by atoms with Crippen molar-refractivity contribution in [2.75, 3.05) is 7.11 Å². The molecule has 0 radical (unpaired) electrons. The number of methoxy groups -OCH3 is 1. The fraction of sp³-hybridized carbons (Fsp3) is 0.167. The van der Waals surface area contributed by atoms with Crippen LogP contribution in [-0.2, 0) is 7.05 Å². The van der Waals surface area contributed by atoms with Gasteiger partial charge in [-0.1, -0.05) is 0 Å². The van der Waals surface area contributed by atoms with Crippen LogP contribution in [0, 0.1) is 5.82 Å². The maximum absolute atomic E-state index is 13.9. The van der Waals surface area contributed by atoms with E-state index in [1.54, 1.807) is 0 Å². The molecular weight excluding hydrogens is 255 g/mol. The molecule has 1 heterocycles. The van der Waals surface area contributed by atoms with Gasteiger partial charge >= 0.3 is 5.97 Å². The number of phenolic OH excluding ortho intramolecular Hbond substituents is 1. The van der Waals surface area contributed by atoms with Gasteiger partial charge in [-0.05, 0) is 12.1 Å². The maximum Gasteiger partial charge on any atom is 0.356 e. The maximum atomic E-state index is 13.9. The van der Waals surface area contributed by atoms with Crippen molar-refractivity contribution in [1.29, 1.82) is 0 Å². The van der Waals surface area contributed by atoms with Gasteiger partial charge in [0.2, 0.25) is 0 Å². The summed E-state index contributed by atoms with van der Waals surface area (Å²) in [6.07, 6.45) is 0. The number of benzene rings is 1. The summed E-state index contributed by atoms with van der Waals surface area (Å²) in [6, 6.07) is 3.42. The van der Waals surface area contributed by atoms with Gasteiger partial charge in [0.05, 0.1) is 12.8 Å². The lowest BCUT2D eigenvalue weighted by Gasteiger charge is -2.08. The van der Waals surface area contributed by atoms with Crippen LogP contribution in [0.5, 0.6) is 11.5 Å². The Morgan fingerprint density at radius 1 is 1.42 bits per heavy atom. The van der Waals surface area contributed by atoms with Crippen molar-refractivity contribution >= 4 is 5.97 Å². The van der Waals surface area contributed by atoms with Crippen LogP contribution in [0.25, 0.3) is 11.3 Å². The van der Waals surface area contributed by atoms with Gasteiger partial charge in [-0.25, -0.2) is 9.18 Å². The molecular formula is C12H11FN2O4. The molecule has 0 fully saturated rings. The second kappa shape index (κ2) is 4.60. The largest absolute Gasteiger partial charge is 0.504 e. The van der Waals surface area contributed by atoms with Crippen molar-refractivity contribution in [3.63, 3.8) is 0 Å². The summed E-state index contributed by atoms with van der Waals surface area (Å²) < 4.78 is 19.9. The average molecular weight is 266 g/mol. The third-order valence-electron chi connectivity index (χ3n) is 2.64.